The van der Waals surface area contributed by atoms with Crippen molar-refractivity contribution in [1.29, 1.82) is 0 Å². The van der Waals surface area contributed by atoms with E-state index in [0.717, 1.165) is 38.0 Å². The molecule has 0 spiro atoms. The molecule has 1 aliphatic heterocycles. The van der Waals surface area contributed by atoms with Crippen LogP contribution in [0.5, 0.6) is 5.75 Å². The van der Waals surface area contributed by atoms with Crippen LogP contribution in [0, 0.1) is 5.92 Å². The molecule has 1 heterocycles. The summed E-state index contributed by atoms with van der Waals surface area (Å²) in [5, 5.41) is 8.62. The van der Waals surface area contributed by atoms with Crippen molar-refractivity contribution >= 4 is 29.0 Å². The third kappa shape index (κ3) is 7.97. The first-order valence-electron chi connectivity index (χ1n) is 13.6. The number of hydrogen-bond donors (Lipinski definition) is 3. The number of urea groups is 1. The minimum absolute atomic E-state index is 0.195. The molecule has 0 bridgehead atoms. The minimum Gasteiger partial charge on any atom is -0.492 e. The second-order valence-electron chi connectivity index (χ2n) is 9.61. The van der Waals surface area contributed by atoms with Crippen molar-refractivity contribution in [2.75, 3.05) is 55.5 Å². The second kappa shape index (κ2) is 14.2. The molecule has 3 amide bonds. The number of piperidine rings is 1. The summed E-state index contributed by atoms with van der Waals surface area (Å²) in [4.78, 5) is 28.3. The zero-order valence-corrected chi connectivity index (χ0v) is 22.7. The fraction of sp³-hybridized carbons (Fsp3) is 0.355. The second-order valence-corrected chi connectivity index (χ2v) is 9.61. The molecule has 1 aliphatic rings. The minimum atomic E-state index is -0.414. The predicted molar refractivity (Wildman–Crippen MR) is 156 cm³/mol. The quantitative estimate of drug-likeness (QED) is 0.282. The van der Waals surface area contributed by atoms with E-state index in [1.807, 2.05) is 37.3 Å². The van der Waals surface area contributed by atoms with Crippen molar-refractivity contribution in [2.45, 2.75) is 26.2 Å². The Labute approximate surface area is 230 Å². The molecular weight excluding hydrogens is 492 g/mol. The van der Waals surface area contributed by atoms with Gasteiger partial charge < -0.3 is 30.3 Å². The molecule has 3 aromatic rings. The molecule has 0 radical (unpaired) electrons. The molecule has 8 nitrogen and oxygen atoms in total. The molecule has 1 saturated heterocycles. The number of nitrogens with zero attached hydrogens (tertiary/aromatic N) is 1. The molecule has 4 rings (SSSR count). The van der Waals surface area contributed by atoms with Crippen molar-refractivity contribution in [1.82, 2.24) is 5.32 Å². The molecule has 0 unspecified atom stereocenters. The normalized spacial score (nSPS) is 13.5. The largest absolute Gasteiger partial charge is 0.492 e. The first kappa shape index (κ1) is 28.0. The van der Waals surface area contributed by atoms with E-state index in [1.165, 1.54) is 5.56 Å². The molecular formula is C31H38N4O4. The Kier molecular flexibility index (Phi) is 10.2. The summed E-state index contributed by atoms with van der Waals surface area (Å²) >= 11 is 0. The lowest BCUT2D eigenvalue weighted by Gasteiger charge is -2.35. The van der Waals surface area contributed by atoms with Gasteiger partial charge in [-0.2, -0.15) is 0 Å². The summed E-state index contributed by atoms with van der Waals surface area (Å²) in [6.07, 6.45) is 3.19. The summed E-state index contributed by atoms with van der Waals surface area (Å²) in [5.41, 5.74) is 3.87. The van der Waals surface area contributed by atoms with Gasteiger partial charge in [0.1, 0.15) is 5.75 Å². The Morgan fingerprint density at radius 1 is 0.949 bits per heavy atom. The zero-order chi connectivity index (χ0) is 27.5. The third-order valence-electron chi connectivity index (χ3n) is 6.85. The van der Waals surface area contributed by atoms with Gasteiger partial charge in [0.25, 0.3) is 5.91 Å². The number of benzene rings is 3. The van der Waals surface area contributed by atoms with E-state index in [-0.39, 0.29) is 5.91 Å². The van der Waals surface area contributed by atoms with Crippen molar-refractivity contribution in [3.05, 3.63) is 83.9 Å². The van der Waals surface area contributed by atoms with Crippen LogP contribution in [0.3, 0.4) is 0 Å². The van der Waals surface area contributed by atoms with Crippen LogP contribution < -0.4 is 25.6 Å². The van der Waals surface area contributed by atoms with E-state index in [9.17, 15) is 9.59 Å². The fourth-order valence-corrected chi connectivity index (χ4v) is 4.89. The van der Waals surface area contributed by atoms with E-state index >= 15 is 0 Å². The number of nitrogens with one attached hydrogen (secondary N) is 3. The highest BCUT2D eigenvalue weighted by Crippen LogP contribution is 2.30. The maximum Gasteiger partial charge on any atom is 0.323 e. The number of para-hydroxylation sites is 2. The molecule has 39 heavy (non-hydrogen) atoms. The van der Waals surface area contributed by atoms with Gasteiger partial charge in [-0.25, -0.2) is 4.79 Å². The van der Waals surface area contributed by atoms with Crippen LogP contribution >= 0.6 is 0 Å². The Morgan fingerprint density at radius 3 is 2.44 bits per heavy atom. The van der Waals surface area contributed by atoms with E-state index < -0.39 is 6.03 Å². The highest BCUT2D eigenvalue weighted by molar-refractivity contribution is 6.04. The van der Waals surface area contributed by atoms with Gasteiger partial charge in [0, 0.05) is 38.1 Å². The molecule has 0 atom stereocenters. The monoisotopic (exact) mass is 530 g/mol. The van der Waals surface area contributed by atoms with Crippen LogP contribution in [0.2, 0.25) is 0 Å². The highest BCUT2D eigenvalue weighted by Gasteiger charge is 2.24. The van der Waals surface area contributed by atoms with Crippen LogP contribution in [-0.2, 0) is 11.2 Å². The van der Waals surface area contributed by atoms with Crippen molar-refractivity contribution in [3.8, 4) is 5.75 Å². The van der Waals surface area contributed by atoms with E-state index in [4.69, 9.17) is 9.47 Å². The van der Waals surface area contributed by atoms with Gasteiger partial charge in [0.15, 0.2) is 0 Å². The lowest BCUT2D eigenvalue weighted by Crippen LogP contribution is -2.36. The zero-order valence-electron chi connectivity index (χ0n) is 22.7. The van der Waals surface area contributed by atoms with Crippen molar-refractivity contribution in [2.24, 2.45) is 5.92 Å². The van der Waals surface area contributed by atoms with Gasteiger partial charge >= 0.3 is 6.03 Å². The summed E-state index contributed by atoms with van der Waals surface area (Å²) in [6, 6.07) is 23.0. The predicted octanol–water partition coefficient (Wildman–Crippen LogP) is 5.56. The summed E-state index contributed by atoms with van der Waals surface area (Å²) in [5.74, 6) is 1.02. The first-order chi connectivity index (χ1) is 19.1. The number of methoxy groups -OCH3 is 1. The van der Waals surface area contributed by atoms with Gasteiger partial charge in [-0.05, 0) is 68.0 Å². The lowest BCUT2D eigenvalue weighted by molar-refractivity contribution is 0.0937. The molecule has 8 heteroatoms. The number of amides is 3. The molecule has 0 saturated carbocycles. The third-order valence-corrected chi connectivity index (χ3v) is 6.85. The maximum atomic E-state index is 13.2. The van der Waals surface area contributed by atoms with Crippen LogP contribution in [0.15, 0.2) is 72.8 Å². The van der Waals surface area contributed by atoms with Crippen LogP contribution in [-0.4, -0.2) is 51.9 Å². The van der Waals surface area contributed by atoms with Gasteiger partial charge in [0.2, 0.25) is 0 Å². The topological polar surface area (TPSA) is 91.9 Å². The van der Waals surface area contributed by atoms with Crippen molar-refractivity contribution < 1.29 is 19.1 Å². The molecule has 1 fully saturated rings. The SMILES string of the molecule is CCOc1ccccc1NC(=O)Nc1ccc(N2CCC(Cc3ccccc3)CC2)c(C(=O)NCCOC)c1. The average molecular weight is 531 g/mol. The van der Waals surface area contributed by atoms with E-state index in [0.29, 0.717) is 48.4 Å². The van der Waals surface area contributed by atoms with Crippen LogP contribution in [0.25, 0.3) is 0 Å². The average Bonchev–Trinajstić information content (AvgIpc) is 2.95. The smallest absolute Gasteiger partial charge is 0.323 e. The number of anilines is 3. The number of carbonyl (C=O) groups is 2. The lowest BCUT2D eigenvalue weighted by atomic mass is 9.89. The number of hydrogen-bond acceptors (Lipinski definition) is 5. The Bertz CT molecular complexity index is 1230. The van der Waals surface area contributed by atoms with Gasteiger partial charge in [-0.15, -0.1) is 0 Å². The molecule has 206 valence electrons. The van der Waals surface area contributed by atoms with E-state index in [1.54, 1.807) is 25.3 Å². The van der Waals surface area contributed by atoms with Crippen molar-refractivity contribution in [3.63, 3.8) is 0 Å². The van der Waals surface area contributed by atoms with Gasteiger partial charge in [-0.1, -0.05) is 42.5 Å². The molecule has 3 aromatic carbocycles. The van der Waals surface area contributed by atoms with Gasteiger partial charge in [-0.3, -0.25) is 4.79 Å². The number of carbonyl (C=O) groups excluding carboxylic acids is 2. The number of rotatable bonds is 11. The Balaban J connectivity index is 1.46. The van der Waals surface area contributed by atoms with E-state index in [2.05, 4.69) is 45.1 Å². The molecule has 3 N–H and O–H groups in total. The van der Waals surface area contributed by atoms with Crippen LogP contribution in [0.1, 0.15) is 35.7 Å². The van der Waals surface area contributed by atoms with Crippen LogP contribution in [0.4, 0.5) is 21.9 Å². The summed E-state index contributed by atoms with van der Waals surface area (Å²) in [6.45, 7) is 4.96. The first-order valence-corrected chi connectivity index (χ1v) is 13.6. The molecule has 0 aliphatic carbocycles. The summed E-state index contributed by atoms with van der Waals surface area (Å²) in [7, 11) is 1.60. The Morgan fingerprint density at radius 2 is 1.69 bits per heavy atom. The highest BCUT2D eigenvalue weighted by atomic mass is 16.5. The Hall–Kier alpha value is -4.04. The fourth-order valence-electron chi connectivity index (χ4n) is 4.89. The summed E-state index contributed by atoms with van der Waals surface area (Å²) < 4.78 is 10.7. The van der Waals surface area contributed by atoms with Gasteiger partial charge in [0.05, 0.1) is 24.5 Å². The maximum absolute atomic E-state index is 13.2. The number of ether oxygens (including phenoxy) is 2. The molecule has 0 aromatic heterocycles. The standard InChI is InChI=1S/C31H38N4O4/c1-3-39-29-12-8-7-11-27(29)34-31(37)33-25-13-14-28(26(22-25)30(36)32-17-20-38-2)35-18-15-24(16-19-35)21-23-9-5-4-6-10-23/h4-14,22,24H,3,15-21H2,1-2H3,(H,32,36)(H2,33,34,37).